The van der Waals surface area contributed by atoms with Crippen molar-refractivity contribution in [2.24, 2.45) is 5.92 Å². The van der Waals surface area contributed by atoms with Crippen LogP contribution in [0.3, 0.4) is 0 Å². The minimum Gasteiger partial charge on any atom is -0.595 e. The summed E-state index contributed by atoms with van der Waals surface area (Å²) in [6.07, 6.45) is 44.1. The zero-order valence-corrected chi connectivity index (χ0v) is 33.8. The Morgan fingerprint density at radius 1 is 0.477 bits per heavy atom. The molecule has 44 heavy (non-hydrogen) atoms. The molecule has 0 radical (unpaired) electrons. The van der Waals surface area contributed by atoms with Gasteiger partial charge in [-0.1, -0.05) is 155 Å². The van der Waals surface area contributed by atoms with Crippen molar-refractivity contribution in [1.82, 2.24) is 0 Å². The third-order valence-corrected chi connectivity index (χ3v) is 16.8. The van der Waals surface area contributed by atoms with Crippen molar-refractivity contribution in [1.29, 1.82) is 0 Å². The molecule has 0 aliphatic rings. The topological polar surface area (TPSA) is 40.1 Å². The maximum absolute atomic E-state index is 10.8. The molecule has 0 rings (SSSR count). The van der Waals surface area contributed by atoms with Gasteiger partial charge in [-0.05, 0) is 71.6 Å². The van der Waals surface area contributed by atoms with Crippen molar-refractivity contribution in [3.8, 4) is 0 Å². The van der Waals surface area contributed by atoms with Crippen molar-refractivity contribution < 1.29 is 9.46 Å². The molecule has 2 unspecified atom stereocenters. The van der Waals surface area contributed by atoms with Crippen molar-refractivity contribution in [2.45, 2.75) is 227 Å². The van der Waals surface area contributed by atoms with Crippen LogP contribution >= 0.6 is 15.3 Å². The predicted octanol–water partition coefficient (Wildman–Crippen LogP) is 14.7. The summed E-state index contributed by atoms with van der Waals surface area (Å²) >= 11 is 0. The van der Waals surface area contributed by atoms with Crippen LogP contribution in [0.25, 0.3) is 0 Å². The van der Waals surface area contributed by atoms with Gasteiger partial charge in [-0.25, -0.2) is 0 Å². The Kier molecular flexibility index (Phi) is 35.4. The highest BCUT2D eigenvalue weighted by molar-refractivity contribution is 7.75. The SMILES string of the molecule is CCCC(C)C(C)(C)[P+](=O)[O-].CCCCCCCCCCCCCC[P+](CCCCCC)(CCCCCC)CCCCCC. The Morgan fingerprint density at radius 2 is 0.727 bits per heavy atom. The van der Waals surface area contributed by atoms with E-state index in [9.17, 15) is 9.46 Å². The van der Waals surface area contributed by atoms with Crippen LogP contribution in [0.2, 0.25) is 0 Å². The first kappa shape index (κ1) is 46.6. The molecule has 0 aromatic heterocycles. The lowest BCUT2D eigenvalue weighted by atomic mass is 9.93. The molecule has 0 bridgehead atoms. The number of rotatable bonds is 32. The van der Waals surface area contributed by atoms with Crippen LogP contribution in [0.4, 0.5) is 0 Å². The number of hydrogen-bond acceptors (Lipinski definition) is 2. The molecule has 0 fully saturated rings. The normalized spacial score (nSPS) is 13.1. The summed E-state index contributed by atoms with van der Waals surface area (Å²) in [4.78, 5) is 10.8. The first-order valence-electron chi connectivity index (χ1n) is 20.2. The molecule has 266 valence electrons. The van der Waals surface area contributed by atoms with Gasteiger partial charge < -0.3 is 4.89 Å². The summed E-state index contributed by atoms with van der Waals surface area (Å²) in [6.45, 7) is 17.1. The first-order chi connectivity index (χ1) is 21.2. The second-order valence-electron chi connectivity index (χ2n) is 14.9. The molecule has 0 aliphatic heterocycles. The second-order valence-corrected chi connectivity index (χ2v) is 21.0. The van der Waals surface area contributed by atoms with E-state index < -0.39 is 20.4 Å². The molecule has 4 heteroatoms. The van der Waals surface area contributed by atoms with E-state index in [-0.39, 0.29) is 5.92 Å². The van der Waals surface area contributed by atoms with Gasteiger partial charge in [0.1, 0.15) is 0 Å². The average molecular weight is 660 g/mol. The zero-order valence-electron chi connectivity index (χ0n) is 32.0. The minimum absolute atomic E-state index is 0.258. The van der Waals surface area contributed by atoms with Gasteiger partial charge in [0.15, 0.2) is 5.16 Å². The van der Waals surface area contributed by atoms with Gasteiger partial charge in [0.05, 0.1) is 24.6 Å². The van der Waals surface area contributed by atoms with Crippen molar-refractivity contribution >= 4 is 15.3 Å². The van der Waals surface area contributed by atoms with E-state index in [1.165, 1.54) is 128 Å². The summed E-state index contributed by atoms with van der Waals surface area (Å²) in [7, 11) is -2.99. The van der Waals surface area contributed by atoms with Gasteiger partial charge in [-0.15, -0.1) is 0 Å². The second kappa shape index (κ2) is 33.4. The van der Waals surface area contributed by atoms with Crippen LogP contribution in [-0.2, 0) is 4.57 Å². The van der Waals surface area contributed by atoms with E-state index >= 15 is 0 Å². The van der Waals surface area contributed by atoms with E-state index in [4.69, 9.17) is 0 Å². The van der Waals surface area contributed by atoms with E-state index in [2.05, 4.69) is 34.6 Å². The maximum atomic E-state index is 10.8. The largest absolute Gasteiger partial charge is 0.595 e. The third-order valence-electron chi connectivity index (χ3n) is 10.3. The molecule has 0 saturated carbocycles. The smallest absolute Gasteiger partial charge is 0.314 e. The molecule has 0 N–H and O–H groups in total. The quantitative estimate of drug-likeness (QED) is 0.0532. The standard InChI is InChI=1S/C32H68P.C8H17O2P/c1-5-9-13-17-18-19-20-21-22-23-24-28-32-33(29-25-14-10-6-2,30-26-15-11-7-3)31-27-16-12-8-4;1-5-6-7(2)8(3,4)11(9)10/h5-32H2,1-4H3;7H,5-6H2,1-4H3/q+1;. The van der Waals surface area contributed by atoms with Crippen LogP contribution in [0.1, 0.15) is 222 Å². The molecule has 0 saturated heterocycles. The Hall–Kier alpha value is 0.490. The Balaban J connectivity index is 0. The fourth-order valence-corrected chi connectivity index (χ4v) is 12.0. The molecular weight excluding hydrogens is 574 g/mol. The van der Waals surface area contributed by atoms with E-state index in [0.29, 0.717) is 0 Å². The summed E-state index contributed by atoms with van der Waals surface area (Å²) in [5.41, 5.74) is 0. The lowest BCUT2D eigenvalue weighted by Gasteiger charge is -2.28. The van der Waals surface area contributed by atoms with E-state index in [1.807, 2.05) is 6.92 Å². The zero-order chi connectivity index (χ0) is 33.4. The minimum atomic E-state index is -2.29. The highest BCUT2D eigenvalue weighted by atomic mass is 31.2. The Labute approximate surface area is 282 Å². The fraction of sp³-hybridized carbons (Fsp3) is 1.00. The summed E-state index contributed by atoms with van der Waals surface area (Å²) < 4.78 is 10.8. The monoisotopic (exact) mass is 660 g/mol. The number of unbranched alkanes of at least 4 members (excludes halogenated alkanes) is 20. The van der Waals surface area contributed by atoms with Gasteiger partial charge in [-0.2, -0.15) is 0 Å². The molecule has 0 amide bonds. The molecule has 0 spiro atoms. The number of hydrogen-bond donors (Lipinski definition) is 0. The van der Waals surface area contributed by atoms with Crippen molar-refractivity contribution in [3.05, 3.63) is 0 Å². The Bertz CT molecular complexity index is 561. The molecule has 0 aromatic carbocycles. The van der Waals surface area contributed by atoms with Crippen LogP contribution in [0.15, 0.2) is 0 Å². The molecule has 2 nitrogen and oxygen atoms in total. The molecule has 0 heterocycles. The Morgan fingerprint density at radius 3 is 0.977 bits per heavy atom. The molecular formula is C40H85O2P2+. The van der Waals surface area contributed by atoms with Crippen molar-refractivity contribution in [2.75, 3.05) is 24.6 Å². The molecule has 2 atom stereocenters. The summed E-state index contributed by atoms with van der Waals surface area (Å²) in [5, 5.41) is -0.536. The lowest BCUT2D eigenvalue weighted by Crippen LogP contribution is -2.28. The van der Waals surface area contributed by atoms with Gasteiger partial charge in [0, 0.05) is 13.2 Å². The molecule has 0 aromatic rings. The van der Waals surface area contributed by atoms with E-state index in [1.54, 1.807) is 64.2 Å². The molecule has 0 aliphatic carbocycles. The van der Waals surface area contributed by atoms with Crippen LogP contribution in [0, 0.1) is 5.92 Å². The average Bonchev–Trinajstić information content (AvgIpc) is 3.00. The van der Waals surface area contributed by atoms with Gasteiger partial charge in [0.25, 0.3) is 0 Å². The fourth-order valence-electron chi connectivity index (χ4n) is 6.55. The van der Waals surface area contributed by atoms with Gasteiger partial charge >= 0.3 is 8.03 Å². The van der Waals surface area contributed by atoms with E-state index in [0.717, 1.165) is 12.8 Å². The van der Waals surface area contributed by atoms with Crippen LogP contribution in [-0.4, -0.2) is 29.8 Å². The van der Waals surface area contributed by atoms with Crippen molar-refractivity contribution in [3.63, 3.8) is 0 Å². The first-order valence-corrected chi connectivity index (χ1v) is 23.9. The van der Waals surface area contributed by atoms with Crippen LogP contribution < -0.4 is 4.89 Å². The highest BCUT2D eigenvalue weighted by Gasteiger charge is 2.37. The third kappa shape index (κ3) is 27.6. The maximum Gasteiger partial charge on any atom is 0.314 e. The van der Waals surface area contributed by atoms with Gasteiger partial charge in [0.2, 0.25) is 0 Å². The summed E-state index contributed by atoms with van der Waals surface area (Å²) in [5.74, 6) is 0.258. The van der Waals surface area contributed by atoms with Gasteiger partial charge in [-0.3, -0.25) is 0 Å². The lowest BCUT2D eigenvalue weighted by molar-refractivity contribution is -0.170. The predicted molar refractivity (Wildman–Crippen MR) is 206 cm³/mol. The summed E-state index contributed by atoms with van der Waals surface area (Å²) in [6, 6.07) is 0. The highest BCUT2D eigenvalue weighted by Crippen LogP contribution is 2.61. The van der Waals surface area contributed by atoms with Crippen LogP contribution in [0.5, 0.6) is 0 Å².